The summed E-state index contributed by atoms with van der Waals surface area (Å²) in [6, 6.07) is 5.74. The van der Waals surface area contributed by atoms with E-state index >= 15 is 0 Å². The fourth-order valence-electron chi connectivity index (χ4n) is 1.75. The highest BCUT2D eigenvalue weighted by atomic mass is 15.1. The maximum Gasteiger partial charge on any atom is 0.0601 e. The Balaban J connectivity index is 0. The molecule has 0 heterocycles. The molecule has 5 heteroatoms. The summed E-state index contributed by atoms with van der Waals surface area (Å²) < 4.78 is 0. The minimum Gasteiger partial charge on any atom is -0.399 e. The van der Waals surface area contributed by atoms with Gasteiger partial charge in [0.15, 0.2) is 0 Å². The van der Waals surface area contributed by atoms with E-state index in [-0.39, 0.29) is 12.3 Å². The molecule has 0 unspecified atom stereocenters. The Morgan fingerprint density at radius 3 is 1.94 bits per heavy atom. The van der Waals surface area contributed by atoms with Gasteiger partial charge in [-0.05, 0) is 31.0 Å². The number of nitrogens with zero attached hydrogens (tertiary/aromatic N) is 1. The first-order chi connectivity index (χ1) is 7.19. The molecule has 1 aromatic rings. The predicted molar refractivity (Wildman–Crippen MR) is 78.1 cm³/mol. The zero-order valence-corrected chi connectivity index (χ0v) is 11.1. The molecule has 0 atom stereocenters. The van der Waals surface area contributed by atoms with Crippen LogP contribution >= 0.6 is 0 Å². The van der Waals surface area contributed by atoms with Gasteiger partial charge in [-0.2, -0.15) is 0 Å². The van der Waals surface area contributed by atoms with E-state index in [1.54, 1.807) is 0 Å². The minimum absolute atomic E-state index is 0. The van der Waals surface area contributed by atoms with Crippen LogP contribution in [0.2, 0.25) is 0 Å². The summed E-state index contributed by atoms with van der Waals surface area (Å²) in [5.74, 6) is 0. The normalized spacial score (nSPS) is 9.06. The Hall–Kier alpha value is -1.46. The third-order valence-electron chi connectivity index (χ3n) is 2.38. The first-order valence-corrected chi connectivity index (χ1v) is 5.59. The Kier molecular flexibility index (Phi) is 9.13. The zero-order valence-electron chi connectivity index (χ0n) is 11.1. The molecule has 0 fully saturated rings. The van der Waals surface area contributed by atoms with Crippen molar-refractivity contribution in [2.45, 2.75) is 26.7 Å². The van der Waals surface area contributed by atoms with Gasteiger partial charge in [-0.1, -0.05) is 13.8 Å². The number of anilines is 3. The van der Waals surface area contributed by atoms with Crippen LogP contribution in [0.5, 0.6) is 0 Å². The standard InChI is InChI=1S/C12H21N3.2H3N/c1-3-7-15(8-4-2)12-6-5-10(13)9-11(12)14;;/h5-6,9H,3-4,7-8,13-14H2,1-2H3;2*1H3. The van der Waals surface area contributed by atoms with E-state index in [4.69, 9.17) is 11.5 Å². The van der Waals surface area contributed by atoms with Crippen molar-refractivity contribution in [3.05, 3.63) is 18.2 Å². The molecule has 1 rings (SSSR count). The first-order valence-electron chi connectivity index (χ1n) is 5.59. The molecule has 0 aromatic heterocycles. The lowest BCUT2D eigenvalue weighted by Gasteiger charge is -2.25. The molecular weight excluding hydrogens is 214 g/mol. The number of benzene rings is 1. The monoisotopic (exact) mass is 241 g/mol. The molecular formula is C12H27N5. The molecule has 1 aromatic carbocycles. The molecule has 0 radical (unpaired) electrons. The van der Waals surface area contributed by atoms with Crippen LogP contribution < -0.4 is 28.7 Å². The summed E-state index contributed by atoms with van der Waals surface area (Å²) in [5, 5.41) is 0. The van der Waals surface area contributed by atoms with Crippen molar-refractivity contribution in [3.8, 4) is 0 Å². The molecule has 17 heavy (non-hydrogen) atoms. The number of hydrogen-bond donors (Lipinski definition) is 4. The molecule has 0 spiro atoms. The largest absolute Gasteiger partial charge is 0.399 e. The van der Waals surface area contributed by atoms with Gasteiger partial charge in [0.1, 0.15) is 0 Å². The summed E-state index contributed by atoms with van der Waals surface area (Å²) in [5.41, 5.74) is 14.2. The Morgan fingerprint density at radius 2 is 1.53 bits per heavy atom. The SMILES string of the molecule is CCCN(CCC)c1ccc(N)cc1N.N.N. The molecule has 0 saturated heterocycles. The summed E-state index contributed by atoms with van der Waals surface area (Å²) >= 11 is 0. The van der Waals surface area contributed by atoms with E-state index in [0.717, 1.165) is 43.0 Å². The van der Waals surface area contributed by atoms with E-state index in [0.29, 0.717) is 0 Å². The second kappa shape index (κ2) is 8.66. The third kappa shape index (κ3) is 4.93. The Bertz CT molecular complexity index is 308. The third-order valence-corrected chi connectivity index (χ3v) is 2.38. The van der Waals surface area contributed by atoms with Crippen molar-refractivity contribution in [2.24, 2.45) is 0 Å². The van der Waals surface area contributed by atoms with Crippen molar-refractivity contribution in [1.29, 1.82) is 0 Å². The van der Waals surface area contributed by atoms with Crippen LogP contribution in [0, 0.1) is 0 Å². The summed E-state index contributed by atoms with van der Waals surface area (Å²) in [7, 11) is 0. The van der Waals surface area contributed by atoms with E-state index in [2.05, 4.69) is 18.7 Å². The van der Waals surface area contributed by atoms with Gasteiger partial charge in [0, 0.05) is 18.8 Å². The van der Waals surface area contributed by atoms with Crippen LogP contribution in [0.3, 0.4) is 0 Å². The summed E-state index contributed by atoms with van der Waals surface area (Å²) in [6.45, 7) is 6.44. The maximum absolute atomic E-state index is 5.96. The average Bonchev–Trinajstić information content (AvgIpc) is 2.17. The fourth-order valence-corrected chi connectivity index (χ4v) is 1.75. The molecule has 10 N–H and O–H groups in total. The van der Waals surface area contributed by atoms with Gasteiger partial charge in [-0.25, -0.2) is 0 Å². The van der Waals surface area contributed by atoms with Gasteiger partial charge < -0.3 is 28.7 Å². The Labute approximate surface area is 104 Å². The van der Waals surface area contributed by atoms with Crippen LogP contribution in [0.4, 0.5) is 17.1 Å². The zero-order chi connectivity index (χ0) is 11.3. The van der Waals surface area contributed by atoms with Crippen LogP contribution in [-0.2, 0) is 0 Å². The Morgan fingerprint density at radius 1 is 1.00 bits per heavy atom. The highest BCUT2D eigenvalue weighted by Crippen LogP contribution is 2.25. The van der Waals surface area contributed by atoms with Gasteiger partial charge >= 0.3 is 0 Å². The number of rotatable bonds is 5. The minimum atomic E-state index is 0. The molecule has 0 amide bonds. The molecule has 0 saturated carbocycles. The van der Waals surface area contributed by atoms with Gasteiger partial charge in [-0.15, -0.1) is 0 Å². The van der Waals surface area contributed by atoms with Gasteiger partial charge in [0.25, 0.3) is 0 Å². The van der Waals surface area contributed by atoms with E-state index in [9.17, 15) is 0 Å². The first kappa shape index (κ1) is 17.9. The number of hydrogen-bond acceptors (Lipinski definition) is 5. The second-order valence-corrected chi connectivity index (χ2v) is 3.81. The van der Waals surface area contributed by atoms with Crippen LogP contribution in [0.25, 0.3) is 0 Å². The molecule has 0 aliphatic rings. The van der Waals surface area contributed by atoms with Crippen LogP contribution in [-0.4, -0.2) is 13.1 Å². The van der Waals surface area contributed by atoms with Gasteiger partial charge in [-0.3, -0.25) is 0 Å². The van der Waals surface area contributed by atoms with Crippen LogP contribution in [0.1, 0.15) is 26.7 Å². The van der Waals surface area contributed by atoms with Crippen molar-refractivity contribution in [1.82, 2.24) is 12.3 Å². The number of nitrogens with two attached hydrogens (primary N) is 2. The highest BCUT2D eigenvalue weighted by Gasteiger charge is 2.07. The van der Waals surface area contributed by atoms with Gasteiger partial charge in [0.05, 0.1) is 11.4 Å². The van der Waals surface area contributed by atoms with Crippen molar-refractivity contribution < 1.29 is 0 Å². The summed E-state index contributed by atoms with van der Waals surface area (Å²) in [4.78, 5) is 2.31. The topological polar surface area (TPSA) is 125 Å². The van der Waals surface area contributed by atoms with Crippen molar-refractivity contribution in [2.75, 3.05) is 29.5 Å². The highest BCUT2D eigenvalue weighted by molar-refractivity contribution is 5.71. The van der Waals surface area contributed by atoms with E-state index < -0.39 is 0 Å². The molecule has 5 nitrogen and oxygen atoms in total. The molecule has 0 bridgehead atoms. The smallest absolute Gasteiger partial charge is 0.0601 e. The van der Waals surface area contributed by atoms with Crippen LogP contribution in [0.15, 0.2) is 18.2 Å². The lowest BCUT2D eigenvalue weighted by atomic mass is 10.2. The maximum atomic E-state index is 5.96. The summed E-state index contributed by atoms with van der Waals surface area (Å²) in [6.07, 6.45) is 2.26. The predicted octanol–water partition coefficient (Wildman–Crippen LogP) is 2.80. The number of nitrogen functional groups attached to an aromatic ring is 2. The molecule has 0 aliphatic carbocycles. The van der Waals surface area contributed by atoms with Crippen molar-refractivity contribution >= 4 is 17.1 Å². The van der Waals surface area contributed by atoms with E-state index in [1.807, 2.05) is 18.2 Å². The molecule has 100 valence electrons. The molecule has 0 aliphatic heterocycles. The lowest BCUT2D eigenvalue weighted by Crippen LogP contribution is -2.25. The lowest BCUT2D eigenvalue weighted by molar-refractivity contribution is 0.746. The quantitative estimate of drug-likeness (QED) is 0.590. The van der Waals surface area contributed by atoms with Crippen molar-refractivity contribution in [3.63, 3.8) is 0 Å². The average molecular weight is 241 g/mol. The fraction of sp³-hybridized carbons (Fsp3) is 0.500. The second-order valence-electron chi connectivity index (χ2n) is 3.81. The van der Waals surface area contributed by atoms with E-state index in [1.165, 1.54) is 0 Å². The van der Waals surface area contributed by atoms with Gasteiger partial charge in [0.2, 0.25) is 0 Å².